The summed E-state index contributed by atoms with van der Waals surface area (Å²) in [5, 5.41) is 9.99. The molecule has 0 radical (unpaired) electrons. The molecule has 4 rings (SSSR count). The first kappa shape index (κ1) is 19.7. The lowest BCUT2D eigenvalue weighted by atomic mass is 10.1. The van der Waals surface area contributed by atoms with Crippen LogP contribution in [-0.2, 0) is 15.8 Å². The van der Waals surface area contributed by atoms with E-state index in [2.05, 4.69) is 14.9 Å². The summed E-state index contributed by atoms with van der Waals surface area (Å²) in [7, 11) is -2.16. The normalized spacial score (nSPS) is 11.5. The number of aromatic nitrogens is 2. The molecule has 0 saturated heterocycles. The van der Waals surface area contributed by atoms with Gasteiger partial charge in [-0.2, -0.15) is 0 Å². The summed E-state index contributed by atoms with van der Waals surface area (Å²) in [4.78, 5) is 0.170. The van der Waals surface area contributed by atoms with Crippen LogP contribution >= 0.6 is 23.1 Å². The molecule has 0 fully saturated rings. The predicted molar refractivity (Wildman–Crippen MR) is 117 cm³/mol. The van der Waals surface area contributed by atoms with Crippen molar-refractivity contribution in [1.29, 1.82) is 0 Å². The second-order valence-electron chi connectivity index (χ2n) is 6.13. The van der Waals surface area contributed by atoms with Gasteiger partial charge in [-0.05, 0) is 40.6 Å². The smallest absolute Gasteiger partial charge is 0.263 e. The minimum absolute atomic E-state index is 0.170. The van der Waals surface area contributed by atoms with E-state index in [0.29, 0.717) is 4.34 Å². The van der Waals surface area contributed by atoms with Crippen LogP contribution in [0.25, 0.3) is 10.8 Å². The van der Waals surface area contributed by atoms with Gasteiger partial charge < -0.3 is 4.74 Å². The third kappa shape index (κ3) is 4.69. The molecule has 0 bridgehead atoms. The van der Waals surface area contributed by atoms with Crippen molar-refractivity contribution in [3.63, 3.8) is 0 Å². The Balaban J connectivity index is 1.48. The number of benzene rings is 3. The molecule has 0 atom stereocenters. The van der Waals surface area contributed by atoms with E-state index in [0.717, 1.165) is 22.3 Å². The van der Waals surface area contributed by atoms with Crippen molar-refractivity contribution in [3.8, 4) is 5.75 Å². The van der Waals surface area contributed by atoms with E-state index >= 15 is 0 Å². The first-order valence-electron chi connectivity index (χ1n) is 8.64. The van der Waals surface area contributed by atoms with Crippen LogP contribution < -0.4 is 9.46 Å². The molecular formula is C20H17N3O3S3. The first-order chi connectivity index (χ1) is 14.0. The van der Waals surface area contributed by atoms with Crippen LogP contribution in [0.2, 0.25) is 0 Å². The van der Waals surface area contributed by atoms with Gasteiger partial charge in [-0.15, -0.1) is 10.2 Å². The number of sulfonamides is 1. The lowest BCUT2D eigenvalue weighted by Crippen LogP contribution is -2.12. The fourth-order valence-electron chi connectivity index (χ4n) is 2.70. The standard InChI is InChI=1S/C20H17N3O3S3/c1-26-17-9-7-16-12-18(10-8-15(16)11-17)29(24,25)23-19-21-22-20(28-19)27-13-14-5-3-2-4-6-14/h2-12H,13H2,1H3,(H,21,23). The highest BCUT2D eigenvalue weighted by Crippen LogP contribution is 2.30. The molecule has 4 aromatic rings. The zero-order valence-corrected chi connectivity index (χ0v) is 17.9. The quantitative estimate of drug-likeness (QED) is 0.414. The van der Waals surface area contributed by atoms with E-state index < -0.39 is 10.0 Å². The molecule has 6 nitrogen and oxygen atoms in total. The van der Waals surface area contributed by atoms with Crippen molar-refractivity contribution < 1.29 is 13.2 Å². The van der Waals surface area contributed by atoms with Crippen LogP contribution in [-0.4, -0.2) is 25.7 Å². The van der Waals surface area contributed by atoms with Crippen molar-refractivity contribution in [3.05, 3.63) is 72.3 Å². The summed E-state index contributed by atoms with van der Waals surface area (Å²) in [5.41, 5.74) is 1.17. The van der Waals surface area contributed by atoms with Crippen LogP contribution in [0.5, 0.6) is 5.75 Å². The van der Waals surface area contributed by atoms with Gasteiger partial charge in [-0.3, -0.25) is 4.72 Å². The van der Waals surface area contributed by atoms with Gasteiger partial charge in [0, 0.05) is 5.75 Å². The Labute approximate surface area is 177 Å². The number of methoxy groups -OCH3 is 1. The number of nitrogens with zero attached hydrogens (tertiary/aromatic N) is 2. The van der Waals surface area contributed by atoms with Gasteiger partial charge in [0.15, 0.2) is 4.34 Å². The molecule has 29 heavy (non-hydrogen) atoms. The van der Waals surface area contributed by atoms with E-state index in [9.17, 15) is 8.42 Å². The minimum Gasteiger partial charge on any atom is -0.497 e. The lowest BCUT2D eigenvalue weighted by molar-refractivity contribution is 0.415. The van der Waals surface area contributed by atoms with Gasteiger partial charge in [-0.25, -0.2) is 8.42 Å². The third-order valence-electron chi connectivity index (χ3n) is 4.16. The summed E-state index contributed by atoms with van der Waals surface area (Å²) < 4.78 is 33.9. The van der Waals surface area contributed by atoms with E-state index in [1.807, 2.05) is 42.5 Å². The molecule has 1 N–H and O–H groups in total. The molecule has 3 aromatic carbocycles. The maximum atomic E-state index is 12.8. The maximum absolute atomic E-state index is 12.8. The van der Waals surface area contributed by atoms with Crippen molar-refractivity contribution in [2.75, 3.05) is 11.8 Å². The van der Waals surface area contributed by atoms with Gasteiger partial charge in [0.25, 0.3) is 10.0 Å². The van der Waals surface area contributed by atoms with Gasteiger partial charge in [0.2, 0.25) is 5.13 Å². The maximum Gasteiger partial charge on any atom is 0.263 e. The molecule has 0 aliphatic carbocycles. The van der Waals surface area contributed by atoms with Gasteiger partial charge in [0.1, 0.15) is 5.75 Å². The van der Waals surface area contributed by atoms with E-state index in [1.54, 1.807) is 31.4 Å². The number of thioether (sulfide) groups is 1. The molecule has 9 heteroatoms. The zero-order valence-electron chi connectivity index (χ0n) is 15.4. The second-order valence-corrected chi connectivity index (χ2v) is 10.0. The van der Waals surface area contributed by atoms with Crippen LogP contribution in [0.3, 0.4) is 0 Å². The van der Waals surface area contributed by atoms with Gasteiger partial charge in [0.05, 0.1) is 12.0 Å². The highest BCUT2D eigenvalue weighted by molar-refractivity contribution is 8.00. The van der Waals surface area contributed by atoms with Gasteiger partial charge in [-0.1, -0.05) is 65.6 Å². The van der Waals surface area contributed by atoms with Crippen LogP contribution in [0.15, 0.2) is 76.0 Å². The fourth-order valence-corrected chi connectivity index (χ4v) is 5.67. The Hall–Kier alpha value is -2.62. The minimum atomic E-state index is -3.76. The van der Waals surface area contributed by atoms with Crippen molar-refractivity contribution in [2.24, 2.45) is 0 Å². The second kappa shape index (κ2) is 8.40. The Kier molecular flexibility index (Phi) is 5.70. The SMILES string of the molecule is COc1ccc2cc(S(=O)(=O)Nc3nnc(SCc4ccccc4)s3)ccc2c1. The lowest BCUT2D eigenvalue weighted by Gasteiger charge is -2.07. The van der Waals surface area contributed by atoms with Gasteiger partial charge >= 0.3 is 0 Å². The van der Waals surface area contributed by atoms with Crippen molar-refractivity contribution >= 4 is 49.0 Å². The van der Waals surface area contributed by atoms with Crippen LogP contribution in [0, 0.1) is 0 Å². The number of fused-ring (bicyclic) bond motifs is 1. The largest absolute Gasteiger partial charge is 0.497 e. The molecule has 1 heterocycles. The highest BCUT2D eigenvalue weighted by atomic mass is 32.2. The fraction of sp³-hybridized carbons (Fsp3) is 0.100. The predicted octanol–water partition coefficient (Wildman–Crippen LogP) is 4.79. The molecule has 0 amide bonds. The number of hydrogen-bond acceptors (Lipinski definition) is 7. The number of hydrogen-bond donors (Lipinski definition) is 1. The number of nitrogens with one attached hydrogen (secondary N) is 1. The van der Waals surface area contributed by atoms with E-state index in [-0.39, 0.29) is 10.0 Å². The third-order valence-corrected chi connectivity index (χ3v) is 7.67. The number of ether oxygens (including phenoxy) is 1. The molecule has 0 aliphatic rings. The van der Waals surface area contributed by atoms with E-state index in [1.165, 1.54) is 28.7 Å². The van der Waals surface area contributed by atoms with Crippen molar-refractivity contribution in [1.82, 2.24) is 10.2 Å². The Morgan fingerprint density at radius 2 is 1.76 bits per heavy atom. The highest BCUT2D eigenvalue weighted by Gasteiger charge is 2.17. The van der Waals surface area contributed by atoms with E-state index in [4.69, 9.17) is 4.74 Å². The summed E-state index contributed by atoms with van der Waals surface area (Å²) in [6.07, 6.45) is 0. The monoisotopic (exact) mass is 443 g/mol. The molecule has 0 aliphatic heterocycles. The van der Waals surface area contributed by atoms with Crippen LogP contribution in [0.4, 0.5) is 5.13 Å². The molecular weight excluding hydrogens is 426 g/mol. The summed E-state index contributed by atoms with van der Waals surface area (Å²) >= 11 is 2.74. The summed E-state index contributed by atoms with van der Waals surface area (Å²) in [6, 6.07) is 20.4. The number of anilines is 1. The molecule has 0 saturated carbocycles. The Morgan fingerprint density at radius 1 is 1.00 bits per heavy atom. The Bertz CT molecular complexity index is 1240. The van der Waals surface area contributed by atoms with Crippen molar-refractivity contribution in [2.45, 2.75) is 15.0 Å². The Morgan fingerprint density at radius 3 is 2.55 bits per heavy atom. The number of rotatable bonds is 7. The average Bonchev–Trinajstić information content (AvgIpc) is 3.18. The molecule has 0 spiro atoms. The zero-order chi connectivity index (χ0) is 20.3. The molecule has 148 valence electrons. The average molecular weight is 444 g/mol. The summed E-state index contributed by atoms with van der Waals surface area (Å²) in [6.45, 7) is 0. The first-order valence-corrected chi connectivity index (χ1v) is 11.9. The molecule has 0 unspecified atom stereocenters. The summed E-state index contributed by atoms with van der Waals surface area (Å²) in [5.74, 6) is 1.47. The topological polar surface area (TPSA) is 81.2 Å². The van der Waals surface area contributed by atoms with Crippen LogP contribution in [0.1, 0.15) is 5.56 Å². The molecule has 1 aromatic heterocycles.